The lowest BCUT2D eigenvalue weighted by Crippen LogP contribution is -2.27. The maximum Gasteiger partial charge on any atom is 0.166 e. The van der Waals surface area contributed by atoms with Crippen LogP contribution in [0.5, 0.6) is 0 Å². The molecule has 4 heteroatoms. The summed E-state index contributed by atoms with van der Waals surface area (Å²) in [5, 5.41) is 0. The predicted octanol–water partition coefficient (Wildman–Crippen LogP) is 2.54. The largest absolute Gasteiger partial charge is 0.299 e. The van der Waals surface area contributed by atoms with Crippen LogP contribution < -0.4 is 0 Å². The van der Waals surface area contributed by atoms with Gasteiger partial charge in [0, 0.05) is 31.7 Å². The molecule has 0 aromatic carbocycles. The quantitative estimate of drug-likeness (QED) is 0.587. The Labute approximate surface area is 123 Å². The number of carbonyl (C=O) groups is 3. The molecule has 0 radical (unpaired) electrons. The fraction of sp³-hybridized carbons (Fsp3) is 0.412. The van der Waals surface area contributed by atoms with Crippen LogP contribution in [0.2, 0.25) is 0 Å². The predicted molar refractivity (Wildman–Crippen MR) is 76.7 cm³/mol. The van der Waals surface area contributed by atoms with Crippen LogP contribution in [0, 0.1) is 0 Å². The van der Waals surface area contributed by atoms with Gasteiger partial charge in [-0.15, -0.1) is 0 Å². The molecule has 1 atom stereocenters. The van der Waals surface area contributed by atoms with Crippen LogP contribution in [-0.4, -0.2) is 22.3 Å². The molecule has 0 bridgehead atoms. The first-order valence-electron chi connectivity index (χ1n) is 7.40. The van der Waals surface area contributed by atoms with Crippen molar-refractivity contribution in [2.24, 2.45) is 0 Å². The number of hydrogen-bond donors (Lipinski definition) is 0. The number of ketones is 3. The van der Waals surface area contributed by atoms with Crippen molar-refractivity contribution in [3.63, 3.8) is 0 Å². The minimum atomic E-state index is -0.442. The summed E-state index contributed by atoms with van der Waals surface area (Å²) < 4.78 is 0. The van der Waals surface area contributed by atoms with Crippen molar-refractivity contribution in [3.05, 3.63) is 41.2 Å². The van der Waals surface area contributed by atoms with Crippen molar-refractivity contribution < 1.29 is 14.4 Å². The van der Waals surface area contributed by atoms with Gasteiger partial charge >= 0.3 is 0 Å². The van der Waals surface area contributed by atoms with E-state index < -0.39 is 5.92 Å². The Bertz CT molecular complexity index is 613. The molecule has 1 heterocycles. The van der Waals surface area contributed by atoms with Gasteiger partial charge in [0.1, 0.15) is 5.78 Å². The third kappa shape index (κ3) is 2.58. The summed E-state index contributed by atoms with van der Waals surface area (Å²) in [5.74, 6) is -0.520. The first-order valence-corrected chi connectivity index (χ1v) is 7.40. The molecule has 0 spiro atoms. The van der Waals surface area contributed by atoms with E-state index in [0.29, 0.717) is 37.7 Å². The van der Waals surface area contributed by atoms with Gasteiger partial charge in [-0.2, -0.15) is 0 Å². The molecule has 2 fully saturated rings. The van der Waals surface area contributed by atoms with Gasteiger partial charge in [0.2, 0.25) is 0 Å². The second-order valence-corrected chi connectivity index (χ2v) is 5.63. The van der Waals surface area contributed by atoms with Crippen LogP contribution in [-0.2, 0) is 14.4 Å². The molecule has 3 rings (SSSR count). The highest BCUT2D eigenvalue weighted by atomic mass is 16.2. The zero-order valence-electron chi connectivity index (χ0n) is 11.8. The highest BCUT2D eigenvalue weighted by Crippen LogP contribution is 2.38. The molecule has 0 N–H and O–H groups in total. The highest BCUT2D eigenvalue weighted by Gasteiger charge is 2.35. The van der Waals surface area contributed by atoms with E-state index >= 15 is 0 Å². The summed E-state index contributed by atoms with van der Waals surface area (Å²) in [5.41, 5.74) is 1.90. The Morgan fingerprint density at radius 3 is 2.14 bits per heavy atom. The monoisotopic (exact) mass is 283 g/mol. The van der Waals surface area contributed by atoms with Crippen molar-refractivity contribution in [1.29, 1.82) is 0 Å². The molecule has 1 unspecified atom stereocenters. The number of hydrogen-bond acceptors (Lipinski definition) is 4. The van der Waals surface area contributed by atoms with Gasteiger partial charge in [0.05, 0.1) is 11.5 Å². The fourth-order valence-electron chi connectivity index (χ4n) is 3.32. The van der Waals surface area contributed by atoms with Crippen LogP contribution in [0.1, 0.15) is 50.0 Å². The maximum absolute atomic E-state index is 12.4. The number of nitrogens with zero attached hydrogens (tertiary/aromatic N) is 1. The van der Waals surface area contributed by atoms with Crippen molar-refractivity contribution in [2.75, 3.05) is 0 Å². The second kappa shape index (κ2) is 5.72. The molecule has 108 valence electrons. The van der Waals surface area contributed by atoms with Gasteiger partial charge in [-0.3, -0.25) is 19.4 Å². The van der Waals surface area contributed by atoms with E-state index in [9.17, 15) is 14.4 Å². The lowest BCUT2D eigenvalue weighted by Gasteiger charge is -2.28. The Hall–Kier alpha value is -2.10. The zero-order valence-corrected chi connectivity index (χ0v) is 11.8. The maximum atomic E-state index is 12.4. The van der Waals surface area contributed by atoms with Crippen LogP contribution >= 0.6 is 0 Å². The number of allylic oxidation sites excluding steroid dienone is 2. The molecular weight excluding hydrogens is 266 g/mol. The minimum Gasteiger partial charge on any atom is -0.299 e. The van der Waals surface area contributed by atoms with Crippen molar-refractivity contribution >= 4 is 17.3 Å². The third-order valence-electron chi connectivity index (χ3n) is 4.27. The fourth-order valence-corrected chi connectivity index (χ4v) is 3.32. The van der Waals surface area contributed by atoms with Gasteiger partial charge in [0.15, 0.2) is 11.6 Å². The van der Waals surface area contributed by atoms with Gasteiger partial charge in [-0.25, -0.2) is 0 Å². The average Bonchev–Trinajstić information content (AvgIpc) is 2.48. The van der Waals surface area contributed by atoms with E-state index in [-0.39, 0.29) is 17.3 Å². The first-order chi connectivity index (χ1) is 10.2. The molecule has 2 saturated carbocycles. The van der Waals surface area contributed by atoms with E-state index in [2.05, 4.69) is 4.98 Å². The van der Waals surface area contributed by atoms with Crippen LogP contribution in [0.3, 0.4) is 0 Å². The van der Waals surface area contributed by atoms with Gasteiger partial charge in [-0.05, 0) is 42.5 Å². The van der Waals surface area contributed by atoms with Crippen LogP contribution in [0.25, 0.3) is 0 Å². The normalized spacial score (nSPS) is 23.6. The van der Waals surface area contributed by atoms with E-state index in [1.54, 1.807) is 24.5 Å². The molecule has 0 amide bonds. The van der Waals surface area contributed by atoms with Gasteiger partial charge in [-0.1, -0.05) is 0 Å². The zero-order chi connectivity index (χ0) is 14.8. The summed E-state index contributed by atoms with van der Waals surface area (Å²) in [6.45, 7) is 0. The molecule has 2 aliphatic rings. The lowest BCUT2D eigenvalue weighted by molar-refractivity contribution is -0.123. The molecule has 21 heavy (non-hydrogen) atoms. The molecular formula is C17H17NO3. The Balaban J connectivity index is 2.11. The van der Waals surface area contributed by atoms with E-state index in [4.69, 9.17) is 0 Å². The van der Waals surface area contributed by atoms with Crippen LogP contribution in [0.4, 0.5) is 0 Å². The Morgan fingerprint density at radius 2 is 1.48 bits per heavy atom. The number of rotatable bonds is 1. The van der Waals surface area contributed by atoms with Crippen molar-refractivity contribution in [1.82, 2.24) is 4.98 Å². The molecule has 0 aliphatic heterocycles. The van der Waals surface area contributed by atoms with Crippen molar-refractivity contribution in [3.8, 4) is 0 Å². The average molecular weight is 283 g/mol. The summed E-state index contributed by atoms with van der Waals surface area (Å²) in [4.78, 5) is 40.7. The third-order valence-corrected chi connectivity index (χ3v) is 4.27. The number of pyridine rings is 1. The standard InChI is InChI=1S/C17H17NO3/c19-13-4-1-3-12(16(13)11-7-9-18-10-8-11)17-14(20)5-2-6-15(17)21/h7-10,16H,1-6H2. The van der Waals surface area contributed by atoms with E-state index in [1.165, 1.54) is 0 Å². The summed E-state index contributed by atoms with van der Waals surface area (Å²) in [6.07, 6.45) is 6.64. The molecule has 4 nitrogen and oxygen atoms in total. The smallest absolute Gasteiger partial charge is 0.166 e. The summed E-state index contributed by atoms with van der Waals surface area (Å²) >= 11 is 0. The Kier molecular flexibility index (Phi) is 3.78. The summed E-state index contributed by atoms with van der Waals surface area (Å²) in [6, 6.07) is 3.60. The first kappa shape index (κ1) is 13.9. The number of aromatic nitrogens is 1. The molecule has 1 aromatic heterocycles. The van der Waals surface area contributed by atoms with Crippen molar-refractivity contribution in [2.45, 2.75) is 44.4 Å². The topological polar surface area (TPSA) is 64.1 Å². The number of carbonyl (C=O) groups excluding carboxylic acids is 3. The summed E-state index contributed by atoms with van der Waals surface area (Å²) in [7, 11) is 0. The minimum absolute atomic E-state index is 0.0880. The molecule has 1 aromatic rings. The van der Waals surface area contributed by atoms with E-state index in [0.717, 1.165) is 17.6 Å². The van der Waals surface area contributed by atoms with Gasteiger partial charge < -0.3 is 0 Å². The molecule has 0 saturated heterocycles. The highest BCUT2D eigenvalue weighted by molar-refractivity contribution is 6.23. The van der Waals surface area contributed by atoms with E-state index in [1.807, 2.05) is 0 Å². The molecule has 2 aliphatic carbocycles. The Morgan fingerprint density at radius 1 is 0.857 bits per heavy atom. The second-order valence-electron chi connectivity index (χ2n) is 5.63. The lowest BCUT2D eigenvalue weighted by atomic mass is 9.74. The van der Waals surface area contributed by atoms with Gasteiger partial charge in [0.25, 0.3) is 0 Å². The van der Waals surface area contributed by atoms with Crippen LogP contribution in [0.15, 0.2) is 35.7 Å². The SMILES string of the molecule is O=C1CCCC(=O)C1=C1CCCC(=O)C1c1ccncc1. The number of Topliss-reactive ketones (excluding diaryl/α,β-unsaturated/α-hetero) is 3.